The van der Waals surface area contributed by atoms with Crippen LogP contribution < -0.4 is 10.6 Å². The topological polar surface area (TPSA) is 84.2 Å². The first kappa shape index (κ1) is 24.5. The van der Waals surface area contributed by atoms with Gasteiger partial charge in [0, 0.05) is 21.5 Å². The summed E-state index contributed by atoms with van der Waals surface area (Å²) in [5.74, 6) is -0.700. The first-order chi connectivity index (χ1) is 18.0. The number of hydrogen-bond acceptors (Lipinski definition) is 6. The van der Waals surface area contributed by atoms with Gasteiger partial charge >= 0.3 is 0 Å². The Balaban J connectivity index is 1.34. The van der Waals surface area contributed by atoms with E-state index < -0.39 is 5.25 Å². The average molecular weight is 530 g/mol. The number of amides is 2. The number of benzene rings is 3. The van der Waals surface area contributed by atoms with Gasteiger partial charge in [0.15, 0.2) is 10.9 Å². The van der Waals surface area contributed by atoms with E-state index in [0.29, 0.717) is 16.5 Å². The normalized spacial score (nSPS) is 11.6. The molecule has 184 valence electrons. The molecular weight excluding hydrogens is 509 g/mol. The van der Waals surface area contributed by atoms with E-state index in [1.54, 1.807) is 30.3 Å². The number of aromatic nitrogens is 1. The molecule has 5 aromatic rings. The third-order valence-corrected chi connectivity index (χ3v) is 7.31. The van der Waals surface area contributed by atoms with Gasteiger partial charge in [-0.25, -0.2) is 9.37 Å². The summed E-state index contributed by atoms with van der Waals surface area (Å²) in [6.07, 6.45) is 1.44. The average Bonchev–Trinajstić information content (AvgIpc) is 3.61. The van der Waals surface area contributed by atoms with Crippen LogP contribution in [0, 0.1) is 5.82 Å². The van der Waals surface area contributed by atoms with Crippen molar-refractivity contribution in [3.63, 3.8) is 0 Å². The van der Waals surface area contributed by atoms with Crippen LogP contribution in [0.1, 0.15) is 21.4 Å². The highest BCUT2D eigenvalue weighted by molar-refractivity contribution is 8.00. The van der Waals surface area contributed by atoms with Gasteiger partial charge in [-0.3, -0.25) is 9.59 Å². The van der Waals surface area contributed by atoms with Gasteiger partial charge in [-0.1, -0.05) is 36.4 Å². The van der Waals surface area contributed by atoms with E-state index in [2.05, 4.69) is 15.6 Å². The molecule has 0 saturated heterocycles. The highest BCUT2D eigenvalue weighted by Gasteiger charge is 2.23. The summed E-state index contributed by atoms with van der Waals surface area (Å²) in [5.41, 5.74) is 2.83. The highest BCUT2D eigenvalue weighted by Crippen LogP contribution is 2.37. The standard InChI is InChI=1S/C28H20FN3O3S2/c29-20-13-11-18(12-14-20)23-17-36-28(31-23)32-27(34)25(19-6-2-1-3-7-19)37-22-9-4-8-21(16-22)30-26(33)24-10-5-15-35-24/h1-17,25H,(H,30,33)(H,31,32,34). The Bertz CT molecular complexity index is 1500. The van der Waals surface area contributed by atoms with Gasteiger partial charge in [0.1, 0.15) is 11.1 Å². The van der Waals surface area contributed by atoms with Crippen LogP contribution in [0.3, 0.4) is 0 Å². The number of thioether (sulfide) groups is 1. The molecule has 0 aliphatic heterocycles. The van der Waals surface area contributed by atoms with E-state index in [-0.39, 0.29) is 23.4 Å². The van der Waals surface area contributed by atoms with Crippen LogP contribution in [0.2, 0.25) is 0 Å². The van der Waals surface area contributed by atoms with Crippen molar-refractivity contribution in [3.8, 4) is 11.3 Å². The number of nitrogens with zero attached hydrogens (tertiary/aromatic N) is 1. The Morgan fingerprint density at radius 3 is 2.49 bits per heavy atom. The quantitative estimate of drug-likeness (QED) is 0.207. The number of furan rings is 1. The summed E-state index contributed by atoms with van der Waals surface area (Å²) in [7, 11) is 0. The molecule has 0 fully saturated rings. The fraction of sp³-hybridized carbons (Fsp3) is 0.0357. The van der Waals surface area contributed by atoms with E-state index in [9.17, 15) is 14.0 Å². The molecule has 9 heteroatoms. The maximum Gasteiger partial charge on any atom is 0.291 e. The van der Waals surface area contributed by atoms with Crippen molar-refractivity contribution in [3.05, 3.63) is 120 Å². The van der Waals surface area contributed by atoms with Crippen LogP contribution in [-0.4, -0.2) is 16.8 Å². The van der Waals surface area contributed by atoms with E-state index in [1.807, 2.05) is 53.9 Å². The zero-order valence-electron chi connectivity index (χ0n) is 19.3. The predicted octanol–water partition coefficient (Wildman–Crippen LogP) is 7.27. The summed E-state index contributed by atoms with van der Waals surface area (Å²) >= 11 is 2.66. The minimum Gasteiger partial charge on any atom is -0.459 e. The maximum atomic E-state index is 13.4. The molecular formula is C28H20FN3O3S2. The van der Waals surface area contributed by atoms with E-state index in [4.69, 9.17) is 4.42 Å². The van der Waals surface area contributed by atoms with Crippen molar-refractivity contribution in [2.75, 3.05) is 10.6 Å². The van der Waals surface area contributed by atoms with E-state index in [0.717, 1.165) is 16.0 Å². The summed E-state index contributed by atoms with van der Waals surface area (Å²) in [6.45, 7) is 0. The predicted molar refractivity (Wildman–Crippen MR) is 144 cm³/mol. The molecule has 1 unspecified atom stereocenters. The van der Waals surface area contributed by atoms with Gasteiger partial charge < -0.3 is 15.1 Å². The molecule has 0 aliphatic rings. The Hall–Kier alpha value is -4.21. The molecule has 0 radical (unpaired) electrons. The van der Waals surface area contributed by atoms with Crippen molar-refractivity contribution in [1.29, 1.82) is 0 Å². The first-order valence-electron chi connectivity index (χ1n) is 11.2. The second-order valence-electron chi connectivity index (χ2n) is 7.90. The maximum absolute atomic E-state index is 13.4. The number of hydrogen-bond donors (Lipinski definition) is 2. The van der Waals surface area contributed by atoms with Gasteiger partial charge in [0.05, 0.1) is 12.0 Å². The van der Waals surface area contributed by atoms with Gasteiger partial charge in [0.2, 0.25) is 5.91 Å². The van der Waals surface area contributed by atoms with Crippen molar-refractivity contribution < 1.29 is 18.4 Å². The molecule has 2 heterocycles. The monoisotopic (exact) mass is 529 g/mol. The Morgan fingerprint density at radius 1 is 0.919 bits per heavy atom. The smallest absolute Gasteiger partial charge is 0.291 e. The molecule has 6 nitrogen and oxygen atoms in total. The van der Waals surface area contributed by atoms with Gasteiger partial charge in [0.25, 0.3) is 5.91 Å². The van der Waals surface area contributed by atoms with E-state index in [1.165, 1.54) is 41.5 Å². The molecule has 2 aromatic heterocycles. The lowest BCUT2D eigenvalue weighted by Gasteiger charge is -2.17. The molecule has 0 spiro atoms. The zero-order chi connectivity index (χ0) is 25.6. The van der Waals surface area contributed by atoms with Gasteiger partial charge in [-0.2, -0.15) is 0 Å². The fourth-order valence-electron chi connectivity index (χ4n) is 3.54. The zero-order valence-corrected chi connectivity index (χ0v) is 20.9. The fourth-order valence-corrected chi connectivity index (χ4v) is 5.35. The third-order valence-electron chi connectivity index (χ3n) is 5.31. The van der Waals surface area contributed by atoms with Crippen molar-refractivity contribution in [2.24, 2.45) is 0 Å². The van der Waals surface area contributed by atoms with Crippen LogP contribution in [-0.2, 0) is 4.79 Å². The van der Waals surface area contributed by atoms with E-state index >= 15 is 0 Å². The van der Waals surface area contributed by atoms with Crippen LogP contribution >= 0.6 is 23.1 Å². The lowest BCUT2D eigenvalue weighted by molar-refractivity contribution is -0.115. The Morgan fingerprint density at radius 2 is 1.73 bits per heavy atom. The summed E-state index contributed by atoms with van der Waals surface area (Å²) in [4.78, 5) is 31.1. The number of carbonyl (C=O) groups is 2. The van der Waals surface area contributed by atoms with Crippen LogP contribution in [0.25, 0.3) is 11.3 Å². The van der Waals surface area contributed by atoms with Gasteiger partial charge in [-0.05, 0) is 60.2 Å². The van der Waals surface area contributed by atoms with Crippen molar-refractivity contribution >= 4 is 45.7 Å². The van der Waals surface area contributed by atoms with Crippen molar-refractivity contribution in [2.45, 2.75) is 10.1 Å². The molecule has 2 N–H and O–H groups in total. The van der Waals surface area contributed by atoms with Gasteiger partial charge in [-0.15, -0.1) is 23.1 Å². The minimum absolute atomic E-state index is 0.211. The second-order valence-corrected chi connectivity index (χ2v) is 9.94. The number of nitrogens with one attached hydrogen (secondary N) is 2. The SMILES string of the molecule is O=C(Nc1cccc(SC(C(=O)Nc2nc(-c3ccc(F)cc3)cs2)c2ccccc2)c1)c1ccco1. The first-order valence-corrected chi connectivity index (χ1v) is 13.0. The Labute approximate surface area is 220 Å². The third kappa shape index (κ3) is 6.14. The molecule has 3 aromatic carbocycles. The highest BCUT2D eigenvalue weighted by atomic mass is 32.2. The Kier molecular flexibility index (Phi) is 7.43. The summed E-state index contributed by atoms with van der Waals surface area (Å²) < 4.78 is 18.4. The van der Waals surface area contributed by atoms with Crippen molar-refractivity contribution in [1.82, 2.24) is 4.98 Å². The molecule has 2 amide bonds. The molecule has 0 bridgehead atoms. The minimum atomic E-state index is -0.574. The molecule has 37 heavy (non-hydrogen) atoms. The largest absolute Gasteiger partial charge is 0.459 e. The number of carbonyl (C=O) groups excluding carboxylic acids is 2. The van der Waals surface area contributed by atoms with Crippen LogP contribution in [0.15, 0.2) is 112 Å². The lowest BCUT2D eigenvalue weighted by Crippen LogP contribution is -2.19. The molecule has 1 atom stereocenters. The number of thiazole rings is 1. The lowest BCUT2D eigenvalue weighted by atomic mass is 10.1. The molecule has 5 rings (SSSR count). The molecule has 0 saturated carbocycles. The summed E-state index contributed by atoms with van der Waals surface area (Å²) in [5, 5.41) is 7.42. The van der Waals surface area contributed by atoms with Crippen LogP contribution in [0.5, 0.6) is 0 Å². The number of anilines is 2. The second kappa shape index (κ2) is 11.2. The van der Waals surface area contributed by atoms with Crippen LogP contribution in [0.4, 0.5) is 15.2 Å². The molecule has 0 aliphatic carbocycles. The number of halogens is 1. The summed E-state index contributed by atoms with van der Waals surface area (Å²) in [6, 6.07) is 26.0. The number of rotatable bonds is 8.